The van der Waals surface area contributed by atoms with Crippen molar-refractivity contribution in [1.29, 1.82) is 0 Å². The van der Waals surface area contributed by atoms with Crippen molar-refractivity contribution in [2.75, 3.05) is 13.1 Å². The Labute approximate surface area is 124 Å². The van der Waals surface area contributed by atoms with E-state index in [-0.39, 0.29) is 30.6 Å². The average molecular weight is 296 g/mol. The second-order valence-corrected chi connectivity index (χ2v) is 6.73. The summed E-state index contributed by atoms with van der Waals surface area (Å²) in [5.41, 5.74) is 0. The summed E-state index contributed by atoms with van der Waals surface area (Å²) in [6, 6.07) is 0.501. The van der Waals surface area contributed by atoms with Crippen molar-refractivity contribution in [1.82, 2.24) is 9.80 Å². The normalized spacial score (nSPS) is 35.3. The van der Waals surface area contributed by atoms with Crippen LogP contribution in [0.1, 0.15) is 44.9 Å². The summed E-state index contributed by atoms with van der Waals surface area (Å²) in [5, 5.41) is 18.6. The van der Waals surface area contributed by atoms with Crippen LogP contribution in [0.2, 0.25) is 0 Å². The van der Waals surface area contributed by atoms with Crippen molar-refractivity contribution in [3.63, 3.8) is 0 Å². The second kappa shape index (κ2) is 5.83. The molecular formula is C15H24N2O4. The van der Waals surface area contributed by atoms with Gasteiger partial charge in [-0.25, -0.2) is 4.79 Å². The van der Waals surface area contributed by atoms with Crippen LogP contribution in [0.4, 0.5) is 4.79 Å². The standard InChI is InChI=1S/C15H24N2O4/c18-13-7-11-2-3-12(8-13)17(11)15(21)16-6-5-10(9-16)1-4-14(19)20/h10-13,18H,1-9H2,(H,19,20). The molecule has 2 N–H and O–H groups in total. The van der Waals surface area contributed by atoms with Gasteiger partial charge in [-0.3, -0.25) is 4.79 Å². The molecule has 6 heteroatoms. The van der Waals surface area contributed by atoms with Crippen molar-refractivity contribution >= 4 is 12.0 Å². The van der Waals surface area contributed by atoms with Crippen molar-refractivity contribution in [2.45, 2.75) is 63.1 Å². The number of carbonyl (C=O) groups is 2. The van der Waals surface area contributed by atoms with E-state index in [0.29, 0.717) is 31.7 Å². The number of aliphatic hydroxyl groups is 1. The number of likely N-dealkylation sites (tertiary alicyclic amines) is 1. The Kier molecular flexibility index (Phi) is 4.06. The molecule has 3 aliphatic rings. The summed E-state index contributed by atoms with van der Waals surface area (Å²) in [4.78, 5) is 27.2. The lowest BCUT2D eigenvalue weighted by Crippen LogP contribution is -2.52. The average Bonchev–Trinajstić information content (AvgIpc) is 3.00. The first-order valence-corrected chi connectivity index (χ1v) is 8.01. The molecule has 0 saturated carbocycles. The number of amides is 2. The maximum Gasteiger partial charge on any atom is 0.320 e. The van der Waals surface area contributed by atoms with Gasteiger partial charge < -0.3 is 20.0 Å². The van der Waals surface area contributed by atoms with Gasteiger partial charge in [-0.1, -0.05) is 0 Å². The summed E-state index contributed by atoms with van der Waals surface area (Å²) in [5.74, 6) is -0.444. The molecular weight excluding hydrogens is 272 g/mol. The van der Waals surface area contributed by atoms with Gasteiger partial charge in [0.05, 0.1) is 6.10 Å². The molecule has 3 fully saturated rings. The Morgan fingerprint density at radius 3 is 2.38 bits per heavy atom. The highest BCUT2D eigenvalue weighted by Gasteiger charge is 2.44. The van der Waals surface area contributed by atoms with E-state index in [2.05, 4.69) is 0 Å². The fourth-order valence-corrected chi connectivity index (χ4v) is 4.19. The van der Waals surface area contributed by atoms with E-state index < -0.39 is 5.97 Å². The van der Waals surface area contributed by atoms with Crippen LogP contribution in [0.3, 0.4) is 0 Å². The number of carboxylic acid groups (broad SMARTS) is 1. The number of rotatable bonds is 3. The van der Waals surface area contributed by atoms with Gasteiger partial charge in [0.15, 0.2) is 0 Å². The zero-order chi connectivity index (χ0) is 15.0. The van der Waals surface area contributed by atoms with E-state index in [4.69, 9.17) is 5.11 Å². The second-order valence-electron chi connectivity index (χ2n) is 6.73. The predicted molar refractivity (Wildman–Crippen MR) is 75.8 cm³/mol. The zero-order valence-corrected chi connectivity index (χ0v) is 12.3. The van der Waals surface area contributed by atoms with Crippen LogP contribution in [0.5, 0.6) is 0 Å². The van der Waals surface area contributed by atoms with Gasteiger partial charge in [-0.2, -0.15) is 0 Å². The highest BCUT2D eigenvalue weighted by Crippen LogP contribution is 2.37. The first kappa shape index (κ1) is 14.6. The predicted octanol–water partition coefficient (Wildman–Crippen LogP) is 1.28. The molecule has 3 rings (SSSR count). The number of piperidine rings is 1. The lowest BCUT2D eigenvalue weighted by atomic mass is 10.0. The van der Waals surface area contributed by atoms with Crippen molar-refractivity contribution in [3.8, 4) is 0 Å². The molecule has 0 aromatic heterocycles. The third-order valence-electron chi connectivity index (χ3n) is 5.25. The highest BCUT2D eigenvalue weighted by molar-refractivity contribution is 5.76. The Hall–Kier alpha value is -1.30. The Morgan fingerprint density at radius 1 is 1.10 bits per heavy atom. The minimum Gasteiger partial charge on any atom is -0.481 e. The van der Waals surface area contributed by atoms with Crippen LogP contribution >= 0.6 is 0 Å². The van der Waals surface area contributed by atoms with E-state index in [0.717, 1.165) is 25.8 Å². The molecule has 118 valence electrons. The van der Waals surface area contributed by atoms with Gasteiger partial charge in [-0.15, -0.1) is 0 Å². The van der Waals surface area contributed by atoms with Crippen LogP contribution in [0, 0.1) is 5.92 Å². The summed E-state index contributed by atoms with van der Waals surface area (Å²) in [6.07, 6.45) is 4.92. The lowest BCUT2D eigenvalue weighted by Gasteiger charge is -2.39. The smallest absolute Gasteiger partial charge is 0.320 e. The van der Waals surface area contributed by atoms with Gasteiger partial charge in [-0.05, 0) is 44.4 Å². The molecule has 21 heavy (non-hydrogen) atoms. The molecule has 0 aromatic rings. The van der Waals surface area contributed by atoms with Gasteiger partial charge in [0, 0.05) is 31.6 Å². The van der Waals surface area contributed by atoms with Crippen molar-refractivity contribution < 1.29 is 19.8 Å². The molecule has 3 unspecified atom stereocenters. The van der Waals surface area contributed by atoms with Gasteiger partial charge in [0.2, 0.25) is 0 Å². The molecule has 2 amide bonds. The quantitative estimate of drug-likeness (QED) is 0.822. The molecule has 3 atom stereocenters. The van der Waals surface area contributed by atoms with Crippen molar-refractivity contribution in [3.05, 3.63) is 0 Å². The molecule has 3 aliphatic heterocycles. The Morgan fingerprint density at radius 2 is 1.76 bits per heavy atom. The SMILES string of the molecule is O=C(O)CCC1CCN(C(=O)N2C3CCC2CC(O)C3)C1. The molecule has 0 aliphatic carbocycles. The number of hydrogen-bond donors (Lipinski definition) is 2. The fourth-order valence-electron chi connectivity index (χ4n) is 4.19. The van der Waals surface area contributed by atoms with E-state index in [1.54, 1.807) is 0 Å². The van der Waals surface area contributed by atoms with Gasteiger partial charge in [0.25, 0.3) is 0 Å². The molecule has 3 saturated heterocycles. The number of hydrogen-bond acceptors (Lipinski definition) is 3. The number of carbonyl (C=O) groups excluding carboxylic acids is 1. The third-order valence-corrected chi connectivity index (χ3v) is 5.25. The lowest BCUT2D eigenvalue weighted by molar-refractivity contribution is -0.137. The maximum absolute atomic E-state index is 12.7. The third kappa shape index (κ3) is 3.00. The van der Waals surface area contributed by atoms with Crippen LogP contribution < -0.4 is 0 Å². The monoisotopic (exact) mass is 296 g/mol. The first-order chi connectivity index (χ1) is 10.0. The van der Waals surface area contributed by atoms with E-state index >= 15 is 0 Å². The minimum absolute atomic E-state index is 0.104. The van der Waals surface area contributed by atoms with Crippen LogP contribution in [-0.4, -0.2) is 63.3 Å². The number of fused-ring (bicyclic) bond motifs is 2. The van der Waals surface area contributed by atoms with Crippen LogP contribution in [0.25, 0.3) is 0 Å². The largest absolute Gasteiger partial charge is 0.481 e. The molecule has 0 spiro atoms. The van der Waals surface area contributed by atoms with Crippen molar-refractivity contribution in [2.24, 2.45) is 5.92 Å². The van der Waals surface area contributed by atoms with Crippen LogP contribution in [-0.2, 0) is 4.79 Å². The van der Waals surface area contributed by atoms with Gasteiger partial charge >= 0.3 is 12.0 Å². The molecule has 3 heterocycles. The number of aliphatic hydroxyl groups excluding tert-OH is 1. The number of aliphatic carboxylic acids is 1. The molecule has 6 nitrogen and oxygen atoms in total. The first-order valence-electron chi connectivity index (χ1n) is 8.01. The van der Waals surface area contributed by atoms with Gasteiger partial charge in [0.1, 0.15) is 0 Å². The minimum atomic E-state index is -0.761. The van der Waals surface area contributed by atoms with Crippen LogP contribution in [0.15, 0.2) is 0 Å². The topological polar surface area (TPSA) is 81.1 Å². The summed E-state index contributed by atoms with van der Waals surface area (Å²) >= 11 is 0. The summed E-state index contributed by atoms with van der Waals surface area (Å²) < 4.78 is 0. The molecule has 0 aromatic carbocycles. The Balaban J connectivity index is 1.56. The fraction of sp³-hybridized carbons (Fsp3) is 0.867. The number of carboxylic acids is 1. The Bertz CT molecular complexity index is 414. The highest BCUT2D eigenvalue weighted by atomic mass is 16.4. The van der Waals surface area contributed by atoms with E-state index in [1.807, 2.05) is 9.80 Å². The molecule has 0 radical (unpaired) electrons. The van der Waals surface area contributed by atoms with E-state index in [1.165, 1.54) is 0 Å². The molecule has 2 bridgehead atoms. The number of urea groups is 1. The number of nitrogens with zero attached hydrogens (tertiary/aromatic N) is 2. The maximum atomic E-state index is 12.7. The summed E-state index contributed by atoms with van der Waals surface area (Å²) in [7, 11) is 0. The summed E-state index contributed by atoms with van der Waals surface area (Å²) in [6.45, 7) is 1.42. The van der Waals surface area contributed by atoms with E-state index in [9.17, 15) is 14.7 Å². The zero-order valence-electron chi connectivity index (χ0n) is 12.3.